The number of carbonyl (C=O) groups is 1. The molecule has 1 fully saturated rings. The van der Waals surface area contributed by atoms with E-state index < -0.39 is 5.54 Å². The minimum absolute atomic E-state index is 0.163. The maximum atomic E-state index is 12.7. The first-order chi connectivity index (χ1) is 10.1. The maximum absolute atomic E-state index is 12.7. The summed E-state index contributed by atoms with van der Waals surface area (Å²) in [4.78, 5) is 16.9. The smallest absolute Gasteiger partial charge is 0.277 e. The number of hydrazine groups is 1. The predicted octanol–water partition coefficient (Wildman–Crippen LogP) is 2.04. The summed E-state index contributed by atoms with van der Waals surface area (Å²) in [5, 5.41) is 4.74. The van der Waals surface area contributed by atoms with Gasteiger partial charge in [-0.15, -0.1) is 0 Å². The van der Waals surface area contributed by atoms with E-state index in [0.29, 0.717) is 10.9 Å². The molecule has 1 saturated heterocycles. The Morgan fingerprint density at radius 2 is 1.90 bits per heavy atom. The summed E-state index contributed by atoms with van der Waals surface area (Å²) < 4.78 is 0. The molecule has 1 aliphatic rings. The number of anilines is 1. The van der Waals surface area contributed by atoms with Crippen molar-refractivity contribution in [1.29, 1.82) is 0 Å². The van der Waals surface area contributed by atoms with Gasteiger partial charge in [0.15, 0.2) is 5.11 Å². The molecular formula is C15H14N4OS. The van der Waals surface area contributed by atoms with Crippen molar-refractivity contribution in [3.63, 3.8) is 0 Å². The number of hydrogen-bond donors (Lipinski definition) is 2. The number of carbonyl (C=O) groups excluding carboxylic acids is 1. The first-order valence-electron chi connectivity index (χ1n) is 6.51. The molecule has 106 valence electrons. The third-order valence-corrected chi connectivity index (χ3v) is 3.72. The minimum atomic E-state index is -0.875. The maximum Gasteiger partial charge on any atom is 0.277 e. The summed E-state index contributed by atoms with van der Waals surface area (Å²) in [5.74, 6) is 0.400. The quantitative estimate of drug-likeness (QED) is 0.849. The highest BCUT2D eigenvalue weighted by Gasteiger charge is 2.47. The molecule has 2 N–H and O–H groups in total. The molecule has 0 spiro atoms. The van der Waals surface area contributed by atoms with Crippen molar-refractivity contribution >= 4 is 29.1 Å². The van der Waals surface area contributed by atoms with Gasteiger partial charge in [-0.25, -0.2) is 4.98 Å². The van der Waals surface area contributed by atoms with Crippen molar-refractivity contribution in [2.45, 2.75) is 12.5 Å². The molecule has 5 nitrogen and oxygen atoms in total. The standard InChI is InChI=1S/C15H14N4OS/c1-15(11-7-3-2-4-8-11)13(20)19(14(21)17-15)18-12-9-5-6-10-16-12/h2-10H,1H3,(H,16,18)(H,17,21). The SMILES string of the molecule is CC1(c2ccccc2)NC(=S)N(Nc2ccccn2)C1=O. The number of rotatable bonds is 3. The van der Waals surface area contributed by atoms with Crippen LogP contribution in [0, 0.1) is 0 Å². The topological polar surface area (TPSA) is 57.3 Å². The molecule has 0 radical (unpaired) electrons. The van der Waals surface area contributed by atoms with Crippen LogP contribution >= 0.6 is 12.2 Å². The Morgan fingerprint density at radius 1 is 1.19 bits per heavy atom. The molecule has 21 heavy (non-hydrogen) atoms. The molecule has 1 aromatic heterocycles. The highest BCUT2D eigenvalue weighted by atomic mass is 32.1. The average Bonchev–Trinajstić information content (AvgIpc) is 2.74. The first kappa shape index (κ1) is 13.5. The summed E-state index contributed by atoms with van der Waals surface area (Å²) in [7, 11) is 0. The Balaban J connectivity index is 1.89. The predicted molar refractivity (Wildman–Crippen MR) is 84.2 cm³/mol. The Hall–Kier alpha value is -2.47. The van der Waals surface area contributed by atoms with Crippen molar-refractivity contribution < 1.29 is 4.79 Å². The zero-order valence-electron chi connectivity index (χ0n) is 11.4. The number of nitrogens with zero attached hydrogens (tertiary/aromatic N) is 2. The Bertz CT molecular complexity index is 677. The van der Waals surface area contributed by atoms with E-state index in [9.17, 15) is 4.79 Å². The largest absolute Gasteiger partial charge is 0.343 e. The van der Waals surface area contributed by atoms with Gasteiger partial charge in [0, 0.05) is 6.20 Å². The van der Waals surface area contributed by atoms with Gasteiger partial charge >= 0.3 is 0 Å². The van der Waals surface area contributed by atoms with Crippen LogP contribution in [0.2, 0.25) is 0 Å². The van der Waals surface area contributed by atoms with Gasteiger partial charge in [0.05, 0.1) is 0 Å². The molecule has 3 rings (SSSR count). The molecule has 0 aliphatic carbocycles. The molecule has 1 unspecified atom stereocenters. The Labute approximate surface area is 128 Å². The second-order valence-corrected chi connectivity index (χ2v) is 5.28. The zero-order valence-corrected chi connectivity index (χ0v) is 12.2. The summed E-state index contributed by atoms with van der Waals surface area (Å²) >= 11 is 5.27. The van der Waals surface area contributed by atoms with Crippen LogP contribution in [-0.2, 0) is 10.3 Å². The second kappa shape index (κ2) is 5.14. The van der Waals surface area contributed by atoms with Crippen LogP contribution in [-0.4, -0.2) is 21.0 Å². The van der Waals surface area contributed by atoms with Gasteiger partial charge in [0.2, 0.25) is 0 Å². The lowest BCUT2D eigenvalue weighted by molar-refractivity contribution is -0.129. The number of thiocarbonyl (C=S) groups is 1. The molecule has 1 amide bonds. The highest BCUT2D eigenvalue weighted by molar-refractivity contribution is 7.80. The van der Waals surface area contributed by atoms with Gasteiger partial charge in [-0.1, -0.05) is 36.4 Å². The van der Waals surface area contributed by atoms with Gasteiger partial charge in [0.1, 0.15) is 11.4 Å². The van der Waals surface area contributed by atoms with E-state index in [-0.39, 0.29) is 5.91 Å². The van der Waals surface area contributed by atoms with E-state index in [0.717, 1.165) is 5.56 Å². The number of hydrogen-bond acceptors (Lipinski definition) is 4. The number of benzene rings is 1. The van der Waals surface area contributed by atoms with E-state index in [1.54, 1.807) is 12.3 Å². The van der Waals surface area contributed by atoms with Crippen molar-refractivity contribution in [2.24, 2.45) is 0 Å². The average molecular weight is 298 g/mol. The molecule has 0 bridgehead atoms. The molecule has 6 heteroatoms. The lowest BCUT2D eigenvalue weighted by Gasteiger charge is -2.22. The lowest BCUT2D eigenvalue weighted by atomic mass is 9.92. The van der Waals surface area contributed by atoms with E-state index in [2.05, 4.69) is 15.7 Å². The molecule has 1 aromatic carbocycles. The van der Waals surface area contributed by atoms with Crippen LogP contribution in [0.3, 0.4) is 0 Å². The van der Waals surface area contributed by atoms with Crippen LogP contribution in [0.1, 0.15) is 12.5 Å². The van der Waals surface area contributed by atoms with E-state index in [4.69, 9.17) is 12.2 Å². The molecule has 2 heterocycles. The van der Waals surface area contributed by atoms with E-state index in [1.807, 2.05) is 49.4 Å². The van der Waals surface area contributed by atoms with Gasteiger partial charge in [-0.3, -0.25) is 10.2 Å². The number of amides is 1. The van der Waals surface area contributed by atoms with Crippen molar-refractivity contribution in [1.82, 2.24) is 15.3 Å². The van der Waals surface area contributed by atoms with Gasteiger partial charge in [0.25, 0.3) is 5.91 Å². The normalized spacial score (nSPS) is 21.3. The second-order valence-electron chi connectivity index (χ2n) is 4.89. The third kappa shape index (κ3) is 2.34. The molecule has 2 aromatic rings. The van der Waals surface area contributed by atoms with Gasteiger partial charge in [-0.05, 0) is 36.8 Å². The molecular weight excluding hydrogens is 284 g/mol. The zero-order chi connectivity index (χ0) is 14.9. The summed E-state index contributed by atoms with van der Waals surface area (Å²) in [6.45, 7) is 1.82. The Morgan fingerprint density at radius 3 is 2.57 bits per heavy atom. The molecule has 1 aliphatic heterocycles. The fourth-order valence-corrected chi connectivity index (χ4v) is 2.58. The molecule has 0 saturated carbocycles. The monoisotopic (exact) mass is 298 g/mol. The van der Waals surface area contributed by atoms with Crippen molar-refractivity contribution in [3.05, 3.63) is 60.3 Å². The Kier molecular flexibility index (Phi) is 3.31. The van der Waals surface area contributed by atoms with Gasteiger partial charge in [-0.2, -0.15) is 5.01 Å². The highest BCUT2D eigenvalue weighted by Crippen LogP contribution is 2.28. The minimum Gasteiger partial charge on any atom is -0.343 e. The fourth-order valence-electron chi connectivity index (χ4n) is 2.25. The fraction of sp³-hybridized carbons (Fsp3) is 0.133. The summed E-state index contributed by atoms with van der Waals surface area (Å²) in [6.07, 6.45) is 1.65. The molecule has 1 atom stereocenters. The van der Waals surface area contributed by atoms with E-state index in [1.165, 1.54) is 5.01 Å². The number of aromatic nitrogens is 1. The lowest BCUT2D eigenvalue weighted by Crippen LogP contribution is -2.41. The van der Waals surface area contributed by atoms with E-state index >= 15 is 0 Å². The van der Waals surface area contributed by atoms with Crippen molar-refractivity contribution in [3.8, 4) is 0 Å². The van der Waals surface area contributed by atoms with Crippen LogP contribution in [0.4, 0.5) is 5.82 Å². The van der Waals surface area contributed by atoms with Crippen LogP contribution in [0.5, 0.6) is 0 Å². The van der Waals surface area contributed by atoms with Crippen molar-refractivity contribution in [2.75, 3.05) is 5.43 Å². The third-order valence-electron chi connectivity index (χ3n) is 3.43. The van der Waals surface area contributed by atoms with Crippen LogP contribution in [0.15, 0.2) is 54.7 Å². The van der Waals surface area contributed by atoms with Crippen LogP contribution < -0.4 is 10.7 Å². The summed E-state index contributed by atoms with van der Waals surface area (Å²) in [5.41, 5.74) is 2.92. The number of nitrogens with one attached hydrogen (secondary N) is 2. The van der Waals surface area contributed by atoms with Crippen LogP contribution in [0.25, 0.3) is 0 Å². The first-order valence-corrected chi connectivity index (χ1v) is 6.92. The summed E-state index contributed by atoms with van der Waals surface area (Å²) in [6, 6.07) is 14.9. The van der Waals surface area contributed by atoms with Gasteiger partial charge < -0.3 is 5.32 Å². The number of pyridine rings is 1.